The molecule has 2 aromatic rings. The van der Waals surface area contributed by atoms with Gasteiger partial charge in [0.25, 0.3) is 0 Å². The van der Waals surface area contributed by atoms with E-state index in [2.05, 4.69) is 31.7 Å². The van der Waals surface area contributed by atoms with Crippen LogP contribution in [0.1, 0.15) is 26.2 Å². The van der Waals surface area contributed by atoms with Crippen LogP contribution in [0.25, 0.3) is 11.3 Å². The fourth-order valence-electron chi connectivity index (χ4n) is 4.49. The number of amides is 1. The van der Waals surface area contributed by atoms with Crippen molar-refractivity contribution in [2.45, 2.75) is 32.2 Å². The topological polar surface area (TPSA) is 55.8 Å². The summed E-state index contributed by atoms with van der Waals surface area (Å²) in [6.45, 7) is 7.91. The number of hydrogen-bond donors (Lipinski definition) is 0. The van der Waals surface area contributed by atoms with Crippen molar-refractivity contribution in [2.24, 2.45) is 0 Å². The highest BCUT2D eigenvalue weighted by Gasteiger charge is 2.25. The lowest BCUT2D eigenvalue weighted by molar-refractivity contribution is -0.132. The summed E-state index contributed by atoms with van der Waals surface area (Å²) in [6.07, 6.45) is 7.01. The maximum absolute atomic E-state index is 14.0. The molecule has 1 saturated heterocycles. The number of hydrogen-bond acceptors (Lipinski definition) is 6. The van der Waals surface area contributed by atoms with Gasteiger partial charge in [-0.1, -0.05) is 6.42 Å². The highest BCUT2D eigenvalue weighted by molar-refractivity contribution is 5.78. The van der Waals surface area contributed by atoms with Crippen LogP contribution in [0.15, 0.2) is 30.6 Å². The minimum absolute atomic E-state index is 0.184. The zero-order valence-electron chi connectivity index (χ0n) is 20.1. The average Bonchev–Trinajstić information content (AvgIpc) is 2.79. The predicted molar refractivity (Wildman–Crippen MR) is 129 cm³/mol. The van der Waals surface area contributed by atoms with Gasteiger partial charge in [0.15, 0.2) is 0 Å². The monoisotopic (exact) mass is 472 g/mol. The molecule has 184 valence electrons. The molecule has 1 aromatic heterocycles. The van der Waals surface area contributed by atoms with Crippen LogP contribution in [0.4, 0.5) is 14.6 Å². The third-order valence-electron chi connectivity index (χ3n) is 7.06. The fourth-order valence-corrected chi connectivity index (χ4v) is 4.49. The van der Waals surface area contributed by atoms with Gasteiger partial charge in [-0.15, -0.1) is 0 Å². The molecule has 0 spiro atoms. The van der Waals surface area contributed by atoms with E-state index in [0.717, 1.165) is 51.9 Å². The molecule has 1 amide bonds. The van der Waals surface area contributed by atoms with E-state index in [-0.39, 0.29) is 11.5 Å². The summed E-state index contributed by atoms with van der Waals surface area (Å²) >= 11 is 0. The molecule has 0 radical (unpaired) electrons. The highest BCUT2D eigenvalue weighted by atomic mass is 19.1. The van der Waals surface area contributed by atoms with Crippen molar-refractivity contribution in [1.29, 1.82) is 0 Å². The lowest BCUT2D eigenvalue weighted by Crippen LogP contribution is -2.51. The van der Waals surface area contributed by atoms with Crippen LogP contribution < -0.4 is 4.90 Å². The fraction of sp³-hybridized carbons (Fsp3) is 0.560. The van der Waals surface area contributed by atoms with E-state index in [0.29, 0.717) is 24.1 Å². The Balaban J connectivity index is 1.25. The number of carbonyl (C=O) groups is 1. The van der Waals surface area contributed by atoms with E-state index in [9.17, 15) is 13.6 Å². The zero-order valence-corrected chi connectivity index (χ0v) is 20.1. The van der Waals surface area contributed by atoms with E-state index in [1.165, 1.54) is 37.6 Å². The number of rotatable bonds is 9. The Morgan fingerprint density at radius 3 is 2.44 bits per heavy atom. The Morgan fingerprint density at radius 2 is 1.85 bits per heavy atom. The SMILES string of the molecule is CCN(CCN(C)C1CCC1)C(=O)CN1CCN(c2cnc(-c3ccc(F)cc3F)cn2)CC1. The Kier molecular flexibility index (Phi) is 8.05. The molecule has 0 atom stereocenters. The number of benzene rings is 1. The molecule has 2 aliphatic rings. The van der Waals surface area contributed by atoms with Crippen molar-refractivity contribution in [3.05, 3.63) is 42.2 Å². The number of halogens is 2. The number of nitrogens with zero attached hydrogens (tertiary/aromatic N) is 6. The van der Waals surface area contributed by atoms with Gasteiger partial charge in [0, 0.05) is 63.5 Å². The van der Waals surface area contributed by atoms with Crippen molar-refractivity contribution >= 4 is 11.7 Å². The van der Waals surface area contributed by atoms with Crippen LogP contribution in [0.3, 0.4) is 0 Å². The normalized spacial score (nSPS) is 17.1. The molecule has 7 nitrogen and oxygen atoms in total. The molecule has 1 aliphatic carbocycles. The van der Waals surface area contributed by atoms with Gasteiger partial charge in [0.1, 0.15) is 17.5 Å². The molecule has 2 heterocycles. The van der Waals surface area contributed by atoms with Gasteiger partial charge in [-0.2, -0.15) is 0 Å². The third-order valence-corrected chi connectivity index (χ3v) is 7.06. The zero-order chi connectivity index (χ0) is 24.1. The molecule has 1 aliphatic heterocycles. The number of aromatic nitrogens is 2. The summed E-state index contributed by atoms with van der Waals surface area (Å²) in [7, 11) is 2.16. The second kappa shape index (κ2) is 11.2. The van der Waals surface area contributed by atoms with Gasteiger partial charge in [-0.25, -0.2) is 13.8 Å². The third kappa shape index (κ3) is 5.88. The number of carbonyl (C=O) groups excluding carboxylic acids is 1. The van der Waals surface area contributed by atoms with Gasteiger partial charge >= 0.3 is 0 Å². The maximum Gasteiger partial charge on any atom is 0.236 e. The molecular weight excluding hydrogens is 438 g/mol. The van der Waals surface area contributed by atoms with Crippen LogP contribution in [0, 0.1) is 11.6 Å². The van der Waals surface area contributed by atoms with E-state index in [1.54, 1.807) is 6.20 Å². The first-order valence-corrected chi connectivity index (χ1v) is 12.2. The second-order valence-electron chi connectivity index (χ2n) is 9.19. The lowest BCUT2D eigenvalue weighted by Gasteiger charge is -2.37. The van der Waals surface area contributed by atoms with Gasteiger partial charge in [0.05, 0.1) is 24.6 Å². The molecule has 0 bridgehead atoms. The molecule has 0 unspecified atom stereocenters. The standard InChI is InChI=1S/C25H34F2N6O/c1-3-32(12-9-30(2)20-5-4-6-20)25(34)18-31-10-13-33(14-11-31)24-17-28-23(16-29-24)21-8-7-19(26)15-22(21)27/h7-8,15-17,20H,3-6,9-14,18H2,1-2H3. The molecule has 1 saturated carbocycles. The first-order valence-electron chi connectivity index (χ1n) is 12.2. The first kappa shape index (κ1) is 24.5. The molecule has 0 N–H and O–H groups in total. The highest BCUT2D eigenvalue weighted by Crippen LogP contribution is 2.24. The summed E-state index contributed by atoms with van der Waals surface area (Å²) in [4.78, 5) is 30.3. The smallest absolute Gasteiger partial charge is 0.236 e. The number of likely N-dealkylation sites (N-methyl/N-ethyl adjacent to an activating group) is 2. The molecular formula is C25H34F2N6O. The number of piperazine rings is 1. The summed E-state index contributed by atoms with van der Waals surface area (Å²) in [5.74, 6) is -0.378. The van der Waals surface area contributed by atoms with Crippen LogP contribution >= 0.6 is 0 Å². The Hall–Kier alpha value is -2.65. The van der Waals surface area contributed by atoms with Gasteiger partial charge in [-0.3, -0.25) is 14.7 Å². The van der Waals surface area contributed by atoms with Crippen molar-refractivity contribution in [3.63, 3.8) is 0 Å². The summed E-state index contributed by atoms with van der Waals surface area (Å²) in [5, 5.41) is 0. The predicted octanol–water partition coefficient (Wildman–Crippen LogP) is 2.88. The quantitative estimate of drug-likeness (QED) is 0.560. The van der Waals surface area contributed by atoms with Crippen molar-refractivity contribution in [1.82, 2.24) is 24.7 Å². The van der Waals surface area contributed by atoms with E-state index in [1.807, 2.05) is 11.8 Å². The van der Waals surface area contributed by atoms with Crippen molar-refractivity contribution in [2.75, 3.05) is 64.3 Å². The minimum Gasteiger partial charge on any atom is -0.353 e. The van der Waals surface area contributed by atoms with Gasteiger partial charge in [-0.05, 0) is 38.9 Å². The number of anilines is 1. The van der Waals surface area contributed by atoms with Crippen LogP contribution in [-0.4, -0.2) is 96.0 Å². The Morgan fingerprint density at radius 1 is 1.09 bits per heavy atom. The second-order valence-corrected chi connectivity index (χ2v) is 9.19. The first-order chi connectivity index (χ1) is 16.4. The summed E-state index contributed by atoms with van der Waals surface area (Å²) < 4.78 is 27.2. The van der Waals surface area contributed by atoms with Crippen LogP contribution in [-0.2, 0) is 4.79 Å². The lowest BCUT2D eigenvalue weighted by atomic mass is 9.92. The van der Waals surface area contributed by atoms with E-state index < -0.39 is 11.6 Å². The van der Waals surface area contributed by atoms with Gasteiger partial charge < -0.3 is 14.7 Å². The Labute approximate surface area is 200 Å². The molecule has 9 heteroatoms. The van der Waals surface area contributed by atoms with E-state index in [4.69, 9.17) is 0 Å². The summed E-state index contributed by atoms with van der Waals surface area (Å²) in [6, 6.07) is 4.11. The van der Waals surface area contributed by atoms with Crippen LogP contribution in [0.5, 0.6) is 0 Å². The van der Waals surface area contributed by atoms with Crippen molar-refractivity contribution < 1.29 is 13.6 Å². The summed E-state index contributed by atoms with van der Waals surface area (Å²) in [5.41, 5.74) is 0.594. The molecule has 34 heavy (non-hydrogen) atoms. The maximum atomic E-state index is 14.0. The molecule has 4 rings (SSSR count). The minimum atomic E-state index is -0.656. The average molecular weight is 473 g/mol. The molecule has 1 aromatic carbocycles. The largest absolute Gasteiger partial charge is 0.353 e. The van der Waals surface area contributed by atoms with Crippen molar-refractivity contribution in [3.8, 4) is 11.3 Å². The van der Waals surface area contributed by atoms with Gasteiger partial charge in [0.2, 0.25) is 5.91 Å². The van der Waals surface area contributed by atoms with Crippen LogP contribution in [0.2, 0.25) is 0 Å². The van der Waals surface area contributed by atoms with E-state index >= 15 is 0 Å². The molecule has 2 fully saturated rings. The Bertz CT molecular complexity index is 960.